The Morgan fingerprint density at radius 3 is 2.69 bits per heavy atom. The largest absolute Gasteiger partial charge is 0.480 e. The molecule has 0 radical (unpaired) electrons. The summed E-state index contributed by atoms with van der Waals surface area (Å²) in [5.74, 6) is -1.37. The Balaban J connectivity index is 1.82. The van der Waals surface area contributed by atoms with Crippen LogP contribution in [0.25, 0.3) is 11.1 Å². The quantitative estimate of drug-likeness (QED) is 0.762. The van der Waals surface area contributed by atoms with Gasteiger partial charge in [0.15, 0.2) is 0 Å². The number of nitrogens with zero attached hydrogens (tertiary/aromatic N) is 3. The number of aliphatic carboxylic acids is 1. The van der Waals surface area contributed by atoms with Gasteiger partial charge in [-0.1, -0.05) is 29.4 Å². The van der Waals surface area contributed by atoms with Crippen molar-refractivity contribution in [1.29, 1.82) is 0 Å². The number of hydrogen-bond donors (Lipinski definition) is 1. The highest BCUT2D eigenvalue weighted by Crippen LogP contribution is 2.28. The van der Waals surface area contributed by atoms with Gasteiger partial charge in [-0.25, -0.2) is 9.78 Å². The van der Waals surface area contributed by atoms with E-state index in [4.69, 9.17) is 4.52 Å². The molecule has 1 unspecified atom stereocenters. The van der Waals surface area contributed by atoms with Crippen LogP contribution in [0.2, 0.25) is 0 Å². The number of aromatic nitrogens is 2. The van der Waals surface area contributed by atoms with E-state index in [1.807, 2.05) is 24.3 Å². The molecule has 132 valence electrons. The topological polar surface area (TPSA) is 96.5 Å². The van der Waals surface area contributed by atoms with Crippen molar-refractivity contribution < 1.29 is 19.2 Å². The molecule has 0 fully saturated rings. The normalized spacial score (nSPS) is 16.5. The molecule has 0 saturated heterocycles. The van der Waals surface area contributed by atoms with Gasteiger partial charge < -0.3 is 14.5 Å². The van der Waals surface area contributed by atoms with Crippen LogP contribution in [0.4, 0.5) is 0 Å². The van der Waals surface area contributed by atoms with Gasteiger partial charge in [0.25, 0.3) is 11.6 Å². The van der Waals surface area contributed by atoms with Crippen molar-refractivity contribution in [2.75, 3.05) is 0 Å². The zero-order valence-electron chi connectivity index (χ0n) is 14.4. The summed E-state index contributed by atoms with van der Waals surface area (Å²) in [6.07, 6.45) is 0.285. The highest BCUT2D eigenvalue weighted by atomic mass is 16.5. The fourth-order valence-corrected chi connectivity index (χ4v) is 3.50. The lowest BCUT2D eigenvalue weighted by atomic mass is 9.93. The maximum absolute atomic E-state index is 13.3. The Labute approximate surface area is 149 Å². The molecule has 7 nitrogen and oxygen atoms in total. The molecule has 1 aliphatic rings. The highest BCUT2D eigenvalue weighted by Gasteiger charge is 2.36. The van der Waals surface area contributed by atoms with Crippen LogP contribution in [0, 0.1) is 13.8 Å². The van der Waals surface area contributed by atoms with E-state index in [-0.39, 0.29) is 24.6 Å². The molecule has 0 bridgehead atoms. The second kappa shape index (κ2) is 5.94. The molecule has 2 aromatic heterocycles. The van der Waals surface area contributed by atoms with Gasteiger partial charge in [-0.3, -0.25) is 4.79 Å². The number of rotatable bonds is 2. The Bertz CT molecular complexity index is 1040. The van der Waals surface area contributed by atoms with Crippen molar-refractivity contribution in [2.24, 2.45) is 0 Å². The number of hydrogen-bond acceptors (Lipinski definition) is 5. The van der Waals surface area contributed by atoms with Crippen LogP contribution >= 0.6 is 0 Å². The average Bonchev–Trinajstić information content (AvgIpc) is 3.00. The van der Waals surface area contributed by atoms with Gasteiger partial charge in [0.05, 0.1) is 16.6 Å². The summed E-state index contributed by atoms with van der Waals surface area (Å²) < 4.78 is 5.19. The summed E-state index contributed by atoms with van der Waals surface area (Å²) in [6, 6.07) is 8.35. The van der Waals surface area contributed by atoms with Crippen LogP contribution in [0.5, 0.6) is 0 Å². The van der Waals surface area contributed by atoms with Gasteiger partial charge in [-0.2, -0.15) is 0 Å². The molecule has 0 aliphatic carbocycles. The lowest BCUT2D eigenvalue weighted by Gasteiger charge is -2.34. The smallest absolute Gasteiger partial charge is 0.326 e. The minimum atomic E-state index is -1.02. The van der Waals surface area contributed by atoms with Crippen LogP contribution in [-0.2, 0) is 17.8 Å². The first-order valence-electron chi connectivity index (χ1n) is 8.30. The first-order chi connectivity index (χ1) is 12.5. The zero-order chi connectivity index (χ0) is 18.4. The summed E-state index contributed by atoms with van der Waals surface area (Å²) in [5, 5.41) is 14.1. The summed E-state index contributed by atoms with van der Waals surface area (Å²) >= 11 is 0. The maximum atomic E-state index is 13.3. The standard InChI is InChI=1S/C19H17N3O4/c1-10-7-14(16-11(2)21-26-17(16)20-10)18(23)22-9-13-6-4-3-5-12(13)8-15(22)19(24)25/h3-7,15H,8-9H2,1-2H3,(H,24,25). The van der Waals surface area contributed by atoms with E-state index in [1.165, 1.54) is 4.90 Å². The van der Waals surface area contributed by atoms with E-state index in [1.54, 1.807) is 19.9 Å². The Kier molecular flexibility index (Phi) is 3.72. The SMILES string of the molecule is Cc1cc(C(=O)N2Cc3ccccc3CC2C(=O)O)c2c(C)noc2n1. The monoisotopic (exact) mass is 351 g/mol. The second-order valence-corrected chi connectivity index (χ2v) is 6.52. The predicted molar refractivity (Wildman–Crippen MR) is 92.7 cm³/mol. The third-order valence-corrected chi connectivity index (χ3v) is 4.77. The van der Waals surface area contributed by atoms with Gasteiger partial charge in [-0.05, 0) is 31.0 Å². The fraction of sp³-hybridized carbons (Fsp3) is 0.263. The number of carboxylic acid groups (broad SMARTS) is 1. The van der Waals surface area contributed by atoms with Crippen molar-refractivity contribution in [1.82, 2.24) is 15.0 Å². The Morgan fingerprint density at radius 2 is 1.96 bits per heavy atom. The van der Waals surface area contributed by atoms with Crippen molar-refractivity contribution in [3.63, 3.8) is 0 Å². The van der Waals surface area contributed by atoms with Crippen LogP contribution < -0.4 is 0 Å². The molecule has 3 heterocycles. The van der Waals surface area contributed by atoms with E-state index in [0.29, 0.717) is 22.3 Å². The van der Waals surface area contributed by atoms with Gasteiger partial charge in [0.1, 0.15) is 6.04 Å². The highest BCUT2D eigenvalue weighted by molar-refractivity contribution is 6.07. The summed E-state index contributed by atoms with van der Waals surface area (Å²) in [4.78, 5) is 30.8. The van der Waals surface area contributed by atoms with Crippen molar-refractivity contribution in [3.05, 3.63) is 58.4 Å². The van der Waals surface area contributed by atoms with Crippen LogP contribution in [-0.4, -0.2) is 38.1 Å². The summed E-state index contributed by atoms with van der Waals surface area (Å²) in [7, 11) is 0. The lowest BCUT2D eigenvalue weighted by molar-refractivity contribution is -0.142. The van der Waals surface area contributed by atoms with Crippen LogP contribution in [0.15, 0.2) is 34.9 Å². The molecule has 1 aliphatic heterocycles. The molecule has 0 spiro atoms. The number of carbonyl (C=O) groups excluding carboxylic acids is 1. The third-order valence-electron chi connectivity index (χ3n) is 4.77. The molecule has 4 rings (SSSR count). The van der Waals surface area contributed by atoms with Gasteiger partial charge in [0.2, 0.25) is 0 Å². The molecular formula is C19H17N3O4. The maximum Gasteiger partial charge on any atom is 0.326 e. The third kappa shape index (κ3) is 2.52. The number of benzene rings is 1. The summed E-state index contributed by atoms with van der Waals surface area (Å²) in [5.41, 5.74) is 3.75. The van der Waals surface area contributed by atoms with Gasteiger partial charge in [-0.15, -0.1) is 0 Å². The first-order valence-corrected chi connectivity index (χ1v) is 8.30. The van der Waals surface area contributed by atoms with Crippen LogP contribution in [0.3, 0.4) is 0 Å². The number of amides is 1. The number of pyridine rings is 1. The number of carbonyl (C=O) groups is 2. The van der Waals surface area contributed by atoms with E-state index >= 15 is 0 Å². The van der Waals surface area contributed by atoms with E-state index in [9.17, 15) is 14.7 Å². The molecule has 7 heteroatoms. The Morgan fingerprint density at radius 1 is 1.23 bits per heavy atom. The molecule has 3 aromatic rings. The number of carboxylic acids is 1. The molecule has 1 atom stereocenters. The second-order valence-electron chi connectivity index (χ2n) is 6.52. The first kappa shape index (κ1) is 16.3. The minimum absolute atomic E-state index is 0.249. The molecule has 26 heavy (non-hydrogen) atoms. The van der Waals surface area contributed by atoms with Gasteiger partial charge in [0, 0.05) is 18.7 Å². The zero-order valence-corrected chi connectivity index (χ0v) is 14.4. The van der Waals surface area contributed by atoms with E-state index in [2.05, 4.69) is 10.1 Å². The average molecular weight is 351 g/mol. The Hall–Kier alpha value is -3.22. The molecular weight excluding hydrogens is 334 g/mol. The van der Waals surface area contributed by atoms with Crippen LogP contribution in [0.1, 0.15) is 32.9 Å². The van der Waals surface area contributed by atoms with E-state index in [0.717, 1.165) is 11.1 Å². The molecule has 1 aromatic carbocycles. The number of fused-ring (bicyclic) bond motifs is 2. The lowest BCUT2D eigenvalue weighted by Crippen LogP contribution is -2.48. The number of aryl methyl sites for hydroxylation is 2. The predicted octanol–water partition coefficient (Wildman–Crippen LogP) is 2.49. The minimum Gasteiger partial charge on any atom is -0.480 e. The van der Waals surface area contributed by atoms with Crippen molar-refractivity contribution >= 4 is 23.0 Å². The molecule has 1 N–H and O–H groups in total. The molecule has 0 saturated carbocycles. The fourth-order valence-electron chi connectivity index (χ4n) is 3.50. The van der Waals surface area contributed by atoms with Crippen molar-refractivity contribution in [2.45, 2.75) is 32.9 Å². The van der Waals surface area contributed by atoms with Gasteiger partial charge >= 0.3 is 5.97 Å². The molecule has 1 amide bonds. The van der Waals surface area contributed by atoms with E-state index < -0.39 is 12.0 Å². The summed E-state index contributed by atoms with van der Waals surface area (Å²) in [6.45, 7) is 3.74. The van der Waals surface area contributed by atoms with Crippen molar-refractivity contribution in [3.8, 4) is 0 Å².